The molecule has 3 rings (SSSR count). The van der Waals surface area contributed by atoms with Crippen molar-refractivity contribution in [2.75, 3.05) is 0 Å². The Morgan fingerprint density at radius 3 is 2.09 bits per heavy atom. The first-order valence-corrected chi connectivity index (χ1v) is 11.9. The van der Waals surface area contributed by atoms with Crippen LogP contribution >= 0.6 is 16.1 Å². The Hall–Kier alpha value is -3.11. The molecule has 0 amide bonds. The Balaban J connectivity index is 2.07. The third-order valence-corrected chi connectivity index (χ3v) is 6.12. The lowest BCUT2D eigenvalue weighted by molar-refractivity contribution is 0.0970. The van der Waals surface area contributed by atoms with Gasteiger partial charge in [0, 0.05) is 22.9 Å². The molecule has 0 radical (unpaired) electrons. The maximum absolute atomic E-state index is 13.5. The highest BCUT2D eigenvalue weighted by molar-refractivity contribution is 9.08. The summed E-state index contributed by atoms with van der Waals surface area (Å²) in [6.45, 7) is 12.5. The molecule has 0 saturated carbocycles. The zero-order valence-electron chi connectivity index (χ0n) is 20.6. The van der Waals surface area contributed by atoms with E-state index in [-0.39, 0.29) is 28.9 Å². The van der Waals surface area contributed by atoms with Gasteiger partial charge in [-0.05, 0) is 28.5 Å². The van der Waals surface area contributed by atoms with Crippen LogP contribution in [-0.2, 0) is 23.9 Å². The van der Waals surface area contributed by atoms with Gasteiger partial charge in [0.1, 0.15) is 17.5 Å². The average molecular weight is 523 g/mol. The van der Waals surface area contributed by atoms with Gasteiger partial charge < -0.3 is 9.67 Å². The van der Waals surface area contributed by atoms with E-state index in [9.17, 15) is 15.2 Å². The van der Waals surface area contributed by atoms with Gasteiger partial charge in [-0.15, -0.1) is 0 Å². The highest BCUT2D eigenvalue weighted by Gasteiger charge is 2.28. The number of aromatic nitrogens is 2. The van der Waals surface area contributed by atoms with Crippen molar-refractivity contribution in [2.24, 2.45) is 4.02 Å². The highest BCUT2D eigenvalue weighted by Crippen LogP contribution is 2.39. The number of halogens is 1. The summed E-state index contributed by atoms with van der Waals surface area (Å²) in [5.41, 5.74) is 3.12. The molecule has 1 aromatic heterocycles. The molecule has 2 aromatic carbocycles. The maximum atomic E-state index is 13.5. The van der Waals surface area contributed by atoms with Gasteiger partial charge in [-0.3, -0.25) is 9.36 Å². The molecular weight excluding hydrogens is 492 g/mol. The zero-order valence-corrected chi connectivity index (χ0v) is 22.1. The monoisotopic (exact) mass is 522 g/mol. The van der Waals surface area contributed by atoms with Gasteiger partial charge in [-0.25, -0.2) is 0 Å². The van der Waals surface area contributed by atoms with Crippen molar-refractivity contribution in [3.63, 3.8) is 0 Å². The fourth-order valence-corrected chi connectivity index (χ4v) is 4.34. The fourth-order valence-electron chi connectivity index (χ4n) is 3.95. The number of Topliss-reactive ketones (excluding diaryl/α,β-unsaturated/α-hetero) is 1. The molecule has 3 aromatic rings. The molecular formula is C27H31BrN4O2. The lowest BCUT2D eigenvalue weighted by atomic mass is 9.78. The van der Waals surface area contributed by atoms with Crippen molar-refractivity contribution in [3.8, 4) is 11.8 Å². The summed E-state index contributed by atoms with van der Waals surface area (Å²) in [5.74, 6) is 0.0689. The number of phenols is 1. The van der Waals surface area contributed by atoms with E-state index < -0.39 is 0 Å². The van der Waals surface area contributed by atoms with Crippen LogP contribution in [0, 0.1) is 11.3 Å². The first-order chi connectivity index (χ1) is 15.9. The second kappa shape index (κ2) is 9.63. The normalized spacial score (nSPS) is 12.6. The summed E-state index contributed by atoms with van der Waals surface area (Å²) in [5, 5.41) is 20.7. The predicted octanol–water partition coefficient (Wildman–Crippen LogP) is 5.60. The molecule has 7 heteroatoms. The quantitative estimate of drug-likeness (QED) is 0.442. The van der Waals surface area contributed by atoms with Crippen molar-refractivity contribution in [1.82, 2.24) is 9.13 Å². The van der Waals surface area contributed by atoms with Crippen molar-refractivity contribution in [3.05, 3.63) is 82.2 Å². The van der Waals surface area contributed by atoms with E-state index in [1.807, 2.05) is 76.4 Å². The first-order valence-electron chi connectivity index (χ1n) is 11.2. The third kappa shape index (κ3) is 5.34. The summed E-state index contributed by atoms with van der Waals surface area (Å²) in [6.07, 6.45) is 1.71. The molecule has 0 bridgehead atoms. The molecule has 0 aliphatic heterocycles. The van der Waals surface area contributed by atoms with E-state index in [1.54, 1.807) is 22.9 Å². The van der Waals surface area contributed by atoms with Crippen molar-refractivity contribution < 1.29 is 9.90 Å². The lowest BCUT2D eigenvalue weighted by Gasteiger charge is -2.28. The van der Waals surface area contributed by atoms with E-state index >= 15 is 0 Å². The molecule has 0 fully saturated rings. The molecule has 0 spiro atoms. The Morgan fingerprint density at radius 2 is 1.62 bits per heavy atom. The van der Waals surface area contributed by atoms with Crippen LogP contribution in [0.2, 0.25) is 0 Å². The largest absolute Gasteiger partial charge is 0.507 e. The number of nitriles is 1. The van der Waals surface area contributed by atoms with Crippen LogP contribution in [0.4, 0.5) is 0 Å². The van der Waals surface area contributed by atoms with Crippen LogP contribution in [0.1, 0.15) is 74.3 Å². The Bertz CT molecular complexity index is 1280. The van der Waals surface area contributed by atoms with Gasteiger partial charge in [0.25, 0.3) is 0 Å². The molecule has 1 N–H and O–H groups in total. The second-order valence-corrected chi connectivity index (χ2v) is 10.9. The summed E-state index contributed by atoms with van der Waals surface area (Å²) >= 11 is 3.18. The number of carbonyl (C=O) groups excluding carboxylic acids is 1. The van der Waals surface area contributed by atoms with Gasteiger partial charge in [0.05, 0.1) is 29.2 Å². The topological polar surface area (TPSA) is 83.3 Å². The minimum absolute atomic E-state index is 0.0486. The van der Waals surface area contributed by atoms with Gasteiger partial charge in [-0.2, -0.15) is 9.28 Å². The third-order valence-electron chi connectivity index (χ3n) is 5.80. The molecule has 0 aliphatic carbocycles. The van der Waals surface area contributed by atoms with Crippen LogP contribution in [0.15, 0.2) is 52.7 Å². The van der Waals surface area contributed by atoms with Crippen LogP contribution in [0.3, 0.4) is 0 Å². The van der Waals surface area contributed by atoms with Crippen LogP contribution in [0.25, 0.3) is 0 Å². The molecule has 6 nitrogen and oxygen atoms in total. The molecule has 0 atom stereocenters. The highest BCUT2D eigenvalue weighted by atomic mass is 79.9. The summed E-state index contributed by atoms with van der Waals surface area (Å²) in [7, 11) is 0. The van der Waals surface area contributed by atoms with Gasteiger partial charge >= 0.3 is 0 Å². The number of hydrogen-bond acceptors (Lipinski definition) is 4. The van der Waals surface area contributed by atoms with Crippen LogP contribution < -0.4 is 5.62 Å². The summed E-state index contributed by atoms with van der Waals surface area (Å²) in [6, 6.07) is 15.6. The van der Waals surface area contributed by atoms with Crippen LogP contribution in [-0.4, -0.2) is 20.0 Å². The zero-order chi connectivity index (χ0) is 25.3. The van der Waals surface area contributed by atoms with E-state index in [4.69, 9.17) is 0 Å². The summed E-state index contributed by atoms with van der Waals surface area (Å²) in [4.78, 5) is 13.5. The Kier molecular flexibility index (Phi) is 7.23. The number of rotatable bonds is 5. The number of phenolic OH excluding ortho intramolecular Hbond substituents is 1. The fraction of sp³-hybridized carbons (Fsp3) is 0.370. The number of benzene rings is 2. The van der Waals surface area contributed by atoms with Crippen molar-refractivity contribution >= 4 is 21.9 Å². The van der Waals surface area contributed by atoms with E-state index in [2.05, 4.69) is 26.2 Å². The number of nitrogens with zero attached hydrogens (tertiary/aromatic N) is 4. The average Bonchev–Trinajstić information content (AvgIpc) is 3.08. The van der Waals surface area contributed by atoms with E-state index in [0.717, 1.165) is 16.7 Å². The minimum atomic E-state index is -0.347. The molecule has 1 heterocycles. The lowest BCUT2D eigenvalue weighted by Crippen LogP contribution is -2.29. The van der Waals surface area contributed by atoms with Gasteiger partial charge in [-0.1, -0.05) is 71.9 Å². The molecule has 34 heavy (non-hydrogen) atoms. The van der Waals surface area contributed by atoms with Crippen molar-refractivity contribution in [1.29, 1.82) is 5.26 Å². The minimum Gasteiger partial charge on any atom is -0.507 e. The van der Waals surface area contributed by atoms with Crippen LogP contribution in [0.5, 0.6) is 5.75 Å². The predicted molar refractivity (Wildman–Crippen MR) is 137 cm³/mol. The molecule has 0 saturated heterocycles. The SMILES string of the molecule is CC(C)(C)c1cc(C(=O)Cn2c(C#N)cn(Cc3ccccc3)/c2=N/Br)cc(C(C)(C)C)c1O. The maximum Gasteiger partial charge on any atom is 0.218 e. The van der Waals surface area contributed by atoms with Gasteiger partial charge in [0.15, 0.2) is 5.78 Å². The van der Waals surface area contributed by atoms with Crippen molar-refractivity contribution in [2.45, 2.75) is 65.5 Å². The Morgan fingerprint density at radius 1 is 1.06 bits per heavy atom. The molecule has 0 aliphatic rings. The number of hydrogen-bond donors (Lipinski definition) is 1. The number of imidazole rings is 1. The van der Waals surface area contributed by atoms with E-state index in [0.29, 0.717) is 23.4 Å². The molecule has 178 valence electrons. The first kappa shape index (κ1) is 25.5. The number of ketones is 1. The summed E-state index contributed by atoms with van der Waals surface area (Å²) < 4.78 is 7.66. The Labute approximate surface area is 209 Å². The van der Waals surface area contributed by atoms with E-state index in [1.165, 1.54) is 0 Å². The second-order valence-electron chi connectivity index (χ2n) is 10.6. The standard InChI is InChI=1S/C27H31BrN4O2/c1-26(2,3)21-12-19(13-22(24(21)34)27(4,5)6)23(33)17-32-20(14-29)16-31(25(32)30-28)15-18-10-8-7-9-11-18/h7-13,16,34H,15,17H2,1-6H3/b30-25-. The van der Waals surface area contributed by atoms with Gasteiger partial charge in [0.2, 0.25) is 5.62 Å². The number of aromatic hydroxyl groups is 1. The molecule has 0 unspecified atom stereocenters. The number of carbonyl (C=O) groups is 1. The smallest absolute Gasteiger partial charge is 0.218 e.